The number of amides is 1. The molecule has 8 heteroatoms. The first kappa shape index (κ1) is 21.4. The van der Waals surface area contributed by atoms with E-state index in [2.05, 4.69) is 15.2 Å². The Morgan fingerprint density at radius 3 is 2.43 bits per heavy atom. The Bertz CT molecular complexity index is 973. The molecule has 3 rings (SSSR count). The van der Waals surface area contributed by atoms with Gasteiger partial charge in [0.1, 0.15) is 5.69 Å². The molecule has 1 aromatic carbocycles. The molecule has 0 bridgehead atoms. The Labute approximate surface area is 175 Å². The molecule has 160 valence electrons. The number of methoxy groups -OCH3 is 1. The molecule has 30 heavy (non-hydrogen) atoms. The second-order valence-corrected chi connectivity index (χ2v) is 7.43. The average Bonchev–Trinajstić information content (AvgIpc) is 3.35. The predicted octanol–water partition coefficient (Wildman–Crippen LogP) is 3.12. The predicted molar refractivity (Wildman–Crippen MR) is 113 cm³/mol. The van der Waals surface area contributed by atoms with Crippen LogP contribution in [0.25, 0.3) is 0 Å². The summed E-state index contributed by atoms with van der Waals surface area (Å²) >= 11 is 0. The van der Waals surface area contributed by atoms with Gasteiger partial charge in [-0.1, -0.05) is 0 Å². The van der Waals surface area contributed by atoms with Crippen LogP contribution in [-0.2, 0) is 14.3 Å². The zero-order valence-corrected chi connectivity index (χ0v) is 17.8. The van der Waals surface area contributed by atoms with Crippen LogP contribution in [0.4, 0.5) is 11.4 Å². The van der Waals surface area contributed by atoms with Crippen LogP contribution in [0.1, 0.15) is 50.5 Å². The van der Waals surface area contributed by atoms with E-state index < -0.39 is 24.5 Å². The minimum absolute atomic E-state index is 0.131. The molecule has 1 aliphatic heterocycles. The fourth-order valence-corrected chi connectivity index (χ4v) is 3.71. The quantitative estimate of drug-likeness (QED) is 0.706. The standard InChI is InChI=1S/C22H27N3O5/c1-13-11-16(25-9-5-6-10-25)7-8-17(13)24-18(26)12-30-22(28)20-14(2)19(15(3)23-20)21(27)29-4/h7-8,11,23H,5-6,9-10,12H2,1-4H3,(H,24,26). The molecule has 1 aliphatic rings. The fraction of sp³-hybridized carbons (Fsp3) is 0.409. The Kier molecular flexibility index (Phi) is 6.44. The van der Waals surface area contributed by atoms with Gasteiger partial charge in [0.2, 0.25) is 0 Å². The third-order valence-electron chi connectivity index (χ3n) is 5.32. The van der Waals surface area contributed by atoms with Gasteiger partial charge >= 0.3 is 11.9 Å². The second kappa shape index (κ2) is 9.02. The highest BCUT2D eigenvalue weighted by molar-refractivity contribution is 6.00. The fourth-order valence-electron chi connectivity index (χ4n) is 3.71. The summed E-state index contributed by atoms with van der Waals surface area (Å²) in [4.78, 5) is 41.6. The smallest absolute Gasteiger partial charge is 0.355 e. The number of ether oxygens (including phenoxy) is 2. The summed E-state index contributed by atoms with van der Waals surface area (Å²) in [5.74, 6) is -1.68. The molecule has 0 unspecified atom stereocenters. The number of aromatic amines is 1. The summed E-state index contributed by atoms with van der Waals surface area (Å²) < 4.78 is 9.86. The van der Waals surface area contributed by atoms with Gasteiger partial charge in [0.05, 0.1) is 12.7 Å². The van der Waals surface area contributed by atoms with Crippen molar-refractivity contribution in [3.63, 3.8) is 0 Å². The number of hydrogen-bond acceptors (Lipinski definition) is 6. The minimum atomic E-state index is -0.706. The van der Waals surface area contributed by atoms with Gasteiger partial charge < -0.3 is 24.7 Å². The lowest BCUT2D eigenvalue weighted by Gasteiger charge is -2.19. The highest BCUT2D eigenvalue weighted by Crippen LogP contribution is 2.25. The molecule has 0 aliphatic carbocycles. The van der Waals surface area contributed by atoms with Gasteiger partial charge in [-0.2, -0.15) is 0 Å². The number of esters is 2. The second-order valence-electron chi connectivity index (χ2n) is 7.43. The number of carbonyl (C=O) groups is 3. The van der Waals surface area contributed by atoms with Gasteiger partial charge in [-0.05, 0) is 62.9 Å². The van der Waals surface area contributed by atoms with Gasteiger partial charge in [-0.15, -0.1) is 0 Å². The van der Waals surface area contributed by atoms with Crippen LogP contribution >= 0.6 is 0 Å². The van der Waals surface area contributed by atoms with Gasteiger partial charge in [-0.25, -0.2) is 9.59 Å². The summed E-state index contributed by atoms with van der Waals surface area (Å²) in [6, 6.07) is 5.90. The van der Waals surface area contributed by atoms with Gasteiger partial charge in [0, 0.05) is 30.2 Å². The van der Waals surface area contributed by atoms with Crippen molar-refractivity contribution >= 4 is 29.2 Å². The van der Waals surface area contributed by atoms with E-state index in [-0.39, 0.29) is 5.69 Å². The van der Waals surface area contributed by atoms with Crippen LogP contribution < -0.4 is 10.2 Å². The van der Waals surface area contributed by atoms with E-state index in [4.69, 9.17) is 9.47 Å². The number of aromatic nitrogens is 1. The van der Waals surface area contributed by atoms with Crippen LogP contribution in [-0.4, -0.2) is 49.6 Å². The Hall–Kier alpha value is -3.29. The van der Waals surface area contributed by atoms with E-state index in [9.17, 15) is 14.4 Å². The number of H-pyrrole nitrogens is 1. The van der Waals surface area contributed by atoms with Crippen LogP contribution in [0.15, 0.2) is 18.2 Å². The molecular weight excluding hydrogens is 386 g/mol. The summed E-state index contributed by atoms with van der Waals surface area (Å²) in [6.07, 6.45) is 2.40. The van der Waals surface area contributed by atoms with Gasteiger partial charge in [0.25, 0.3) is 5.91 Å². The number of nitrogens with one attached hydrogen (secondary N) is 2. The highest BCUT2D eigenvalue weighted by Gasteiger charge is 2.24. The molecular formula is C22H27N3O5. The van der Waals surface area contributed by atoms with Crippen molar-refractivity contribution in [1.29, 1.82) is 0 Å². The molecule has 1 fully saturated rings. The number of carbonyl (C=O) groups excluding carboxylic acids is 3. The normalized spacial score (nSPS) is 13.3. The highest BCUT2D eigenvalue weighted by atomic mass is 16.5. The zero-order chi connectivity index (χ0) is 21.8. The average molecular weight is 413 g/mol. The van der Waals surface area contributed by atoms with Crippen molar-refractivity contribution in [2.75, 3.05) is 37.0 Å². The Morgan fingerprint density at radius 2 is 1.80 bits per heavy atom. The molecule has 0 atom stereocenters. The number of hydrogen-bond donors (Lipinski definition) is 2. The minimum Gasteiger partial charge on any atom is -0.465 e. The third-order valence-corrected chi connectivity index (χ3v) is 5.32. The van der Waals surface area contributed by atoms with Gasteiger partial charge in [0.15, 0.2) is 6.61 Å². The lowest BCUT2D eigenvalue weighted by atomic mass is 10.1. The van der Waals surface area contributed by atoms with Crippen LogP contribution in [0.2, 0.25) is 0 Å². The van der Waals surface area contributed by atoms with Crippen LogP contribution in [0.3, 0.4) is 0 Å². The topological polar surface area (TPSA) is 101 Å². The number of rotatable bonds is 6. The van der Waals surface area contributed by atoms with Crippen molar-refractivity contribution in [3.8, 4) is 0 Å². The van der Waals surface area contributed by atoms with Crippen molar-refractivity contribution in [2.45, 2.75) is 33.6 Å². The van der Waals surface area contributed by atoms with E-state index in [1.54, 1.807) is 13.8 Å². The van der Waals surface area contributed by atoms with E-state index in [1.807, 2.05) is 25.1 Å². The number of benzene rings is 1. The lowest BCUT2D eigenvalue weighted by Crippen LogP contribution is -2.22. The molecule has 0 spiro atoms. The molecule has 1 amide bonds. The zero-order valence-electron chi connectivity index (χ0n) is 17.8. The van der Waals surface area contributed by atoms with E-state index in [0.29, 0.717) is 22.5 Å². The molecule has 2 aromatic rings. The SMILES string of the molecule is COC(=O)c1c(C)[nH]c(C(=O)OCC(=O)Nc2ccc(N3CCCC3)cc2C)c1C. The largest absolute Gasteiger partial charge is 0.465 e. The lowest BCUT2D eigenvalue weighted by molar-refractivity contribution is -0.119. The summed E-state index contributed by atoms with van der Waals surface area (Å²) in [7, 11) is 1.27. The summed E-state index contributed by atoms with van der Waals surface area (Å²) in [5, 5.41) is 2.77. The maximum absolute atomic E-state index is 12.4. The first-order valence-corrected chi connectivity index (χ1v) is 9.92. The van der Waals surface area contributed by atoms with E-state index in [0.717, 1.165) is 24.3 Å². The third kappa shape index (κ3) is 4.48. The summed E-state index contributed by atoms with van der Waals surface area (Å²) in [6.45, 7) is 6.89. The number of nitrogens with zero attached hydrogens (tertiary/aromatic N) is 1. The molecule has 2 heterocycles. The van der Waals surface area contributed by atoms with Crippen molar-refractivity contribution in [1.82, 2.24) is 4.98 Å². The van der Waals surface area contributed by atoms with E-state index >= 15 is 0 Å². The van der Waals surface area contributed by atoms with Gasteiger partial charge in [-0.3, -0.25) is 4.79 Å². The molecule has 0 radical (unpaired) electrons. The summed E-state index contributed by atoms with van der Waals surface area (Å²) in [5.41, 5.74) is 4.13. The molecule has 0 saturated carbocycles. The molecule has 1 saturated heterocycles. The Morgan fingerprint density at radius 1 is 1.10 bits per heavy atom. The van der Waals surface area contributed by atoms with Crippen molar-refractivity contribution in [3.05, 3.63) is 46.3 Å². The molecule has 1 aromatic heterocycles. The Balaban J connectivity index is 1.59. The molecule has 2 N–H and O–H groups in total. The first-order chi connectivity index (χ1) is 14.3. The van der Waals surface area contributed by atoms with Crippen molar-refractivity contribution in [2.24, 2.45) is 0 Å². The maximum atomic E-state index is 12.4. The first-order valence-electron chi connectivity index (χ1n) is 9.92. The number of aryl methyl sites for hydroxylation is 2. The monoisotopic (exact) mass is 413 g/mol. The van der Waals surface area contributed by atoms with Crippen LogP contribution in [0.5, 0.6) is 0 Å². The number of anilines is 2. The maximum Gasteiger partial charge on any atom is 0.355 e. The van der Waals surface area contributed by atoms with Crippen molar-refractivity contribution < 1.29 is 23.9 Å². The van der Waals surface area contributed by atoms with Crippen LogP contribution in [0, 0.1) is 20.8 Å². The molecule has 8 nitrogen and oxygen atoms in total. The van der Waals surface area contributed by atoms with E-state index in [1.165, 1.54) is 20.0 Å².